The normalized spacial score (nSPS) is 15.4. The summed E-state index contributed by atoms with van der Waals surface area (Å²) in [7, 11) is -2.03. The highest BCUT2D eigenvalue weighted by atomic mass is 32.2. The van der Waals surface area contributed by atoms with Crippen molar-refractivity contribution in [2.75, 3.05) is 7.11 Å². The third-order valence-corrected chi connectivity index (χ3v) is 6.30. The Morgan fingerprint density at radius 2 is 2.11 bits per heavy atom. The predicted molar refractivity (Wildman–Crippen MR) is 71.5 cm³/mol. The number of thiophene rings is 1. The zero-order valence-electron chi connectivity index (χ0n) is 10.2. The van der Waals surface area contributed by atoms with Gasteiger partial charge in [0, 0.05) is 25.5 Å². The van der Waals surface area contributed by atoms with Crippen LogP contribution in [0.4, 0.5) is 0 Å². The molecular weight excluding hydrogens is 284 g/mol. The fourth-order valence-electron chi connectivity index (χ4n) is 2.10. The summed E-state index contributed by atoms with van der Waals surface area (Å²) >= 11 is 1.18. The highest BCUT2D eigenvalue weighted by Gasteiger charge is 2.33. The van der Waals surface area contributed by atoms with Gasteiger partial charge in [-0.25, -0.2) is 8.42 Å². The van der Waals surface area contributed by atoms with Crippen LogP contribution in [0.1, 0.15) is 11.1 Å². The molecule has 7 heteroatoms. The first-order chi connectivity index (χ1) is 9.13. The first-order valence-corrected chi connectivity index (χ1v) is 7.98. The molecule has 0 N–H and O–H groups in total. The van der Waals surface area contributed by atoms with Crippen LogP contribution < -0.4 is 4.74 Å². The van der Waals surface area contributed by atoms with Gasteiger partial charge in [0.1, 0.15) is 5.75 Å². The van der Waals surface area contributed by atoms with Crippen LogP contribution in [0, 0.1) is 0 Å². The van der Waals surface area contributed by atoms with E-state index in [1.54, 1.807) is 23.8 Å². The monoisotopic (exact) mass is 296 g/mol. The number of hydrogen-bond donors (Lipinski definition) is 0. The number of hydrogen-bond acceptors (Lipinski definition) is 5. The van der Waals surface area contributed by atoms with Crippen molar-refractivity contribution in [1.82, 2.24) is 9.29 Å². The fraction of sp³-hybridized carbons (Fsp3) is 0.250. The molecule has 19 heavy (non-hydrogen) atoms. The number of pyridine rings is 1. The molecule has 0 atom stereocenters. The number of methoxy groups -OCH3 is 1. The molecule has 0 radical (unpaired) electrons. The number of aromatic nitrogens is 1. The molecule has 0 fully saturated rings. The summed E-state index contributed by atoms with van der Waals surface area (Å²) in [5, 5.41) is 1.72. The molecule has 2 aromatic rings. The van der Waals surface area contributed by atoms with E-state index in [4.69, 9.17) is 4.74 Å². The molecule has 1 aliphatic rings. The quantitative estimate of drug-likeness (QED) is 0.867. The lowest BCUT2D eigenvalue weighted by molar-refractivity contribution is 0.397. The molecule has 3 heterocycles. The van der Waals surface area contributed by atoms with E-state index >= 15 is 0 Å². The number of rotatable bonds is 3. The van der Waals surface area contributed by atoms with Gasteiger partial charge in [0.2, 0.25) is 0 Å². The van der Waals surface area contributed by atoms with E-state index in [1.807, 2.05) is 6.07 Å². The second-order valence-electron chi connectivity index (χ2n) is 4.19. The molecule has 0 aromatic carbocycles. The van der Waals surface area contributed by atoms with Gasteiger partial charge >= 0.3 is 0 Å². The Morgan fingerprint density at radius 3 is 2.84 bits per heavy atom. The SMILES string of the molecule is COc1ccsc1S(=O)(=O)N1Cc2ccncc2C1. The maximum absolute atomic E-state index is 12.6. The molecule has 2 aromatic heterocycles. The Balaban J connectivity index is 1.96. The van der Waals surface area contributed by atoms with Crippen LogP contribution in [0.2, 0.25) is 0 Å². The lowest BCUT2D eigenvalue weighted by Crippen LogP contribution is -2.25. The van der Waals surface area contributed by atoms with Crippen molar-refractivity contribution in [2.45, 2.75) is 17.3 Å². The smallest absolute Gasteiger partial charge is 0.256 e. The standard InChI is InChI=1S/C12H12N2O3S2/c1-17-11-3-5-18-12(11)19(15,16)14-7-9-2-4-13-6-10(9)8-14/h2-6H,7-8H2,1H3. The highest BCUT2D eigenvalue weighted by molar-refractivity contribution is 7.91. The fourth-order valence-corrected chi connectivity index (χ4v) is 4.91. The minimum atomic E-state index is -3.51. The lowest BCUT2D eigenvalue weighted by atomic mass is 10.2. The largest absolute Gasteiger partial charge is 0.494 e. The van der Waals surface area contributed by atoms with E-state index in [0.29, 0.717) is 18.8 Å². The molecule has 0 spiro atoms. The zero-order valence-corrected chi connectivity index (χ0v) is 11.9. The average molecular weight is 296 g/mol. The van der Waals surface area contributed by atoms with Crippen molar-refractivity contribution in [1.29, 1.82) is 0 Å². The van der Waals surface area contributed by atoms with E-state index in [1.165, 1.54) is 22.8 Å². The molecule has 100 valence electrons. The summed E-state index contributed by atoms with van der Waals surface area (Å²) in [5.74, 6) is 0.402. The van der Waals surface area contributed by atoms with E-state index in [2.05, 4.69) is 4.98 Å². The first kappa shape index (κ1) is 12.6. The minimum absolute atomic E-state index is 0.260. The van der Waals surface area contributed by atoms with Gasteiger partial charge < -0.3 is 4.74 Å². The summed E-state index contributed by atoms with van der Waals surface area (Å²) in [5.41, 5.74) is 1.97. The molecule has 0 amide bonds. The van der Waals surface area contributed by atoms with Crippen LogP contribution in [0.5, 0.6) is 5.75 Å². The second kappa shape index (κ2) is 4.59. The van der Waals surface area contributed by atoms with Crippen molar-refractivity contribution in [3.05, 3.63) is 41.0 Å². The Morgan fingerprint density at radius 1 is 1.32 bits per heavy atom. The van der Waals surface area contributed by atoms with E-state index < -0.39 is 10.0 Å². The van der Waals surface area contributed by atoms with E-state index in [0.717, 1.165) is 11.1 Å². The molecular formula is C12H12N2O3S2. The maximum Gasteiger partial charge on any atom is 0.256 e. The molecule has 3 rings (SSSR count). The molecule has 5 nitrogen and oxygen atoms in total. The number of sulfonamides is 1. The zero-order chi connectivity index (χ0) is 13.5. The summed E-state index contributed by atoms with van der Waals surface area (Å²) in [6, 6.07) is 3.53. The van der Waals surface area contributed by atoms with Crippen molar-refractivity contribution >= 4 is 21.4 Å². The lowest BCUT2D eigenvalue weighted by Gasteiger charge is -2.15. The molecule has 1 aliphatic heterocycles. The van der Waals surface area contributed by atoms with Gasteiger partial charge in [-0.1, -0.05) is 0 Å². The third-order valence-electron chi connectivity index (χ3n) is 3.09. The maximum atomic E-state index is 12.6. The van der Waals surface area contributed by atoms with Gasteiger partial charge in [-0.05, 0) is 28.6 Å². The van der Waals surface area contributed by atoms with E-state index in [-0.39, 0.29) is 4.21 Å². The van der Waals surface area contributed by atoms with Gasteiger partial charge in [0.15, 0.2) is 4.21 Å². The molecule has 0 saturated heterocycles. The summed E-state index contributed by atoms with van der Waals surface area (Å²) in [6.07, 6.45) is 3.40. The highest BCUT2D eigenvalue weighted by Crippen LogP contribution is 2.35. The molecule has 0 unspecified atom stereocenters. The van der Waals surface area contributed by atoms with Crippen LogP contribution in [-0.4, -0.2) is 24.8 Å². The van der Waals surface area contributed by atoms with Crippen molar-refractivity contribution in [2.24, 2.45) is 0 Å². The van der Waals surface area contributed by atoms with Crippen molar-refractivity contribution in [3.8, 4) is 5.75 Å². The van der Waals surface area contributed by atoms with Crippen LogP contribution in [0.15, 0.2) is 34.1 Å². The minimum Gasteiger partial charge on any atom is -0.494 e. The Bertz CT molecular complexity index is 684. The topological polar surface area (TPSA) is 59.5 Å². The van der Waals surface area contributed by atoms with Gasteiger partial charge in [-0.3, -0.25) is 4.98 Å². The summed E-state index contributed by atoms with van der Waals surface area (Å²) in [6.45, 7) is 0.758. The molecule has 0 bridgehead atoms. The van der Waals surface area contributed by atoms with Crippen LogP contribution in [0.3, 0.4) is 0 Å². The van der Waals surface area contributed by atoms with Gasteiger partial charge in [-0.15, -0.1) is 11.3 Å². The molecule has 0 saturated carbocycles. The number of nitrogens with zero attached hydrogens (tertiary/aromatic N) is 2. The van der Waals surface area contributed by atoms with Gasteiger partial charge in [0.05, 0.1) is 7.11 Å². The third kappa shape index (κ3) is 2.03. The van der Waals surface area contributed by atoms with Crippen molar-refractivity contribution in [3.63, 3.8) is 0 Å². The predicted octanol–water partition coefficient (Wildman–Crippen LogP) is 1.86. The van der Waals surface area contributed by atoms with Crippen LogP contribution >= 0.6 is 11.3 Å². The van der Waals surface area contributed by atoms with Crippen LogP contribution in [-0.2, 0) is 23.1 Å². The summed E-state index contributed by atoms with van der Waals surface area (Å²) < 4.78 is 32.0. The average Bonchev–Trinajstić information content (AvgIpc) is 3.05. The van der Waals surface area contributed by atoms with E-state index in [9.17, 15) is 8.42 Å². The van der Waals surface area contributed by atoms with Crippen molar-refractivity contribution < 1.29 is 13.2 Å². The number of ether oxygens (including phenoxy) is 1. The second-order valence-corrected chi connectivity index (χ2v) is 7.24. The van der Waals surface area contributed by atoms with Gasteiger partial charge in [0.25, 0.3) is 10.0 Å². The Kier molecular flexibility index (Phi) is 3.04. The first-order valence-electron chi connectivity index (χ1n) is 5.66. The number of fused-ring (bicyclic) bond motifs is 1. The van der Waals surface area contributed by atoms with Gasteiger partial charge in [-0.2, -0.15) is 4.31 Å². The Labute approximate surface area is 115 Å². The summed E-state index contributed by atoms with van der Waals surface area (Å²) in [4.78, 5) is 4.03. The Hall–Kier alpha value is -1.44. The van der Waals surface area contributed by atoms with Crippen LogP contribution in [0.25, 0.3) is 0 Å². The molecule has 0 aliphatic carbocycles.